The number of ether oxygens (including phenoxy) is 1. The Morgan fingerprint density at radius 2 is 1.68 bits per heavy atom. The van der Waals surface area contributed by atoms with Gasteiger partial charge in [0.15, 0.2) is 0 Å². The molecule has 0 spiro atoms. The van der Waals surface area contributed by atoms with E-state index in [1.807, 2.05) is 25.3 Å². The Kier molecular flexibility index (Phi) is 7.13. The van der Waals surface area contributed by atoms with E-state index in [0.29, 0.717) is 12.5 Å². The molecule has 2 rings (SSSR count). The van der Waals surface area contributed by atoms with Crippen molar-refractivity contribution in [3.8, 4) is 5.88 Å². The van der Waals surface area contributed by atoms with Crippen LogP contribution in [-0.4, -0.2) is 11.6 Å². The molecule has 2 aromatic rings. The molecule has 5 heteroatoms. The topological polar surface area (TPSA) is 22.1 Å². The number of hydrogen-bond acceptors (Lipinski definition) is 2. The Bertz CT molecular complexity index is 748. The van der Waals surface area contributed by atoms with Crippen molar-refractivity contribution in [3.05, 3.63) is 59.3 Å². The largest absolute Gasteiger partial charge is 0.477 e. The van der Waals surface area contributed by atoms with Crippen LogP contribution in [0.1, 0.15) is 70.1 Å². The van der Waals surface area contributed by atoms with Gasteiger partial charge in [0.25, 0.3) is 0 Å². The molecule has 2 atom stereocenters. The monoisotopic (exact) mass is 393 g/mol. The summed E-state index contributed by atoms with van der Waals surface area (Å²) in [5.41, 5.74) is 1.35. The first kappa shape index (κ1) is 22.3. The SMILES string of the molecule is CC(CCC(C)c1cccc(C(F)(F)F)c1)COc1ccc(C(C)(C)C)cn1. The summed E-state index contributed by atoms with van der Waals surface area (Å²) in [4.78, 5) is 4.36. The normalized spacial score (nSPS) is 14.6. The summed E-state index contributed by atoms with van der Waals surface area (Å²) in [6.07, 6.45) is -0.776. The number of benzene rings is 1. The van der Waals surface area contributed by atoms with Crippen molar-refractivity contribution in [3.63, 3.8) is 0 Å². The van der Waals surface area contributed by atoms with Crippen molar-refractivity contribution in [2.24, 2.45) is 5.92 Å². The first-order chi connectivity index (χ1) is 13.0. The highest BCUT2D eigenvalue weighted by Gasteiger charge is 2.30. The maximum Gasteiger partial charge on any atom is 0.416 e. The van der Waals surface area contributed by atoms with Crippen molar-refractivity contribution in [2.45, 2.75) is 65.0 Å². The number of halogens is 3. The molecule has 0 aliphatic rings. The second kappa shape index (κ2) is 8.97. The van der Waals surface area contributed by atoms with E-state index in [-0.39, 0.29) is 17.3 Å². The van der Waals surface area contributed by atoms with Gasteiger partial charge in [0.05, 0.1) is 12.2 Å². The molecule has 1 aromatic carbocycles. The fraction of sp³-hybridized carbons (Fsp3) is 0.522. The molecule has 2 unspecified atom stereocenters. The molecule has 2 nitrogen and oxygen atoms in total. The second-order valence-corrected chi connectivity index (χ2v) is 8.65. The first-order valence-corrected chi connectivity index (χ1v) is 9.73. The van der Waals surface area contributed by atoms with Crippen LogP contribution in [0.25, 0.3) is 0 Å². The van der Waals surface area contributed by atoms with Crippen molar-refractivity contribution < 1.29 is 17.9 Å². The minimum atomic E-state index is -4.30. The van der Waals surface area contributed by atoms with Gasteiger partial charge in [-0.2, -0.15) is 13.2 Å². The zero-order valence-corrected chi connectivity index (χ0v) is 17.3. The number of alkyl halides is 3. The van der Waals surface area contributed by atoms with Crippen LogP contribution in [0.3, 0.4) is 0 Å². The number of aromatic nitrogens is 1. The van der Waals surface area contributed by atoms with Crippen LogP contribution in [0.2, 0.25) is 0 Å². The third-order valence-corrected chi connectivity index (χ3v) is 4.99. The van der Waals surface area contributed by atoms with Crippen LogP contribution >= 0.6 is 0 Å². The molecule has 0 fully saturated rings. The predicted octanol–water partition coefficient (Wildman–Crippen LogP) is 7.00. The maximum atomic E-state index is 12.9. The van der Waals surface area contributed by atoms with Gasteiger partial charge in [0.1, 0.15) is 0 Å². The zero-order chi connectivity index (χ0) is 20.9. The first-order valence-electron chi connectivity index (χ1n) is 9.73. The average Bonchev–Trinajstić information content (AvgIpc) is 2.63. The Balaban J connectivity index is 1.83. The quantitative estimate of drug-likeness (QED) is 0.505. The highest BCUT2D eigenvalue weighted by atomic mass is 19.4. The molecular formula is C23H30F3NO. The number of hydrogen-bond donors (Lipinski definition) is 0. The average molecular weight is 393 g/mol. The van der Waals surface area contributed by atoms with E-state index in [4.69, 9.17) is 4.74 Å². The van der Waals surface area contributed by atoms with Crippen LogP contribution < -0.4 is 4.74 Å². The summed E-state index contributed by atoms with van der Waals surface area (Å²) in [5, 5.41) is 0. The highest BCUT2D eigenvalue weighted by Crippen LogP contribution is 2.32. The second-order valence-electron chi connectivity index (χ2n) is 8.65. The van der Waals surface area contributed by atoms with Gasteiger partial charge in [0, 0.05) is 12.3 Å². The molecule has 1 aromatic heterocycles. The fourth-order valence-electron chi connectivity index (χ4n) is 2.94. The molecule has 28 heavy (non-hydrogen) atoms. The van der Waals surface area contributed by atoms with Gasteiger partial charge in [-0.3, -0.25) is 0 Å². The van der Waals surface area contributed by atoms with E-state index in [0.717, 1.165) is 30.0 Å². The standard InChI is InChI=1S/C23H30F3NO/c1-16(15-28-21-12-11-20(14-27-21)22(3,4)5)9-10-17(2)18-7-6-8-19(13-18)23(24,25)26/h6-8,11-14,16-17H,9-10,15H2,1-5H3. The van der Waals surface area contributed by atoms with Gasteiger partial charge in [-0.1, -0.05) is 58.9 Å². The van der Waals surface area contributed by atoms with Crippen molar-refractivity contribution in [2.75, 3.05) is 6.61 Å². The lowest BCUT2D eigenvalue weighted by Gasteiger charge is -2.19. The highest BCUT2D eigenvalue weighted by molar-refractivity contribution is 5.28. The zero-order valence-electron chi connectivity index (χ0n) is 17.3. The van der Waals surface area contributed by atoms with Crippen LogP contribution in [0.15, 0.2) is 42.6 Å². The van der Waals surface area contributed by atoms with Crippen LogP contribution in [0.4, 0.5) is 13.2 Å². The van der Waals surface area contributed by atoms with Gasteiger partial charge >= 0.3 is 6.18 Å². The van der Waals surface area contributed by atoms with E-state index in [1.54, 1.807) is 6.07 Å². The molecule has 1 heterocycles. The molecule has 0 radical (unpaired) electrons. The molecule has 0 aliphatic heterocycles. The van der Waals surface area contributed by atoms with Crippen molar-refractivity contribution in [1.82, 2.24) is 4.98 Å². The van der Waals surface area contributed by atoms with Gasteiger partial charge in [-0.05, 0) is 47.3 Å². The molecule has 0 amide bonds. The maximum absolute atomic E-state index is 12.9. The molecule has 0 N–H and O–H groups in total. The Hall–Kier alpha value is -2.04. The van der Waals surface area contributed by atoms with Crippen LogP contribution in [0.5, 0.6) is 5.88 Å². The van der Waals surface area contributed by atoms with E-state index >= 15 is 0 Å². The minimum Gasteiger partial charge on any atom is -0.477 e. The van der Waals surface area contributed by atoms with Gasteiger partial charge in [-0.15, -0.1) is 0 Å². The summed E-state index contributed by atoms with van der Waals surface area (Å²) in [5.74, 6) is 0.956. The van der Waals surface area contributed by atoms with Crippen LogP contribution in [-0.2, 0) is 11.6 Å². The smallest absolute Gasteiger partial charge is 0.416 e. The Morgan fingerprint density at radius 1 is 0.964 bits per heavy atom. The van der Waals surface area contributed by atoms with Crippen molar-refractivity contribution in [1.29, 1.82) is 0 Å². The van der Waals surface area contributed by atoms with Crippen LogP contribution in [0, 0.1) is 5.92 Å². The lowest BCUT2D eigenvalue weighted by Crippen LogP contribution is -2.13. The third-order valence-electron chi connectivity index (χ3n) is 4.99. The lowest BCUT2D eigenvalue weighted by atomic mass is 9.88. The van der Waals surface area contributed by atoms with E-state index < -0.39 is 11.7 Å². The summed E-state index contributed by atoms with van der Waals surface area (Å²) in [7, 11) is 0. The molecule has 0 saturated carbocycles. The summed E-state index contributed by atoms with van der Waals surface area (Å²) in [6, 6.07) is 9.54. The number of rotatable bonds is 7. The number of pyridine rings is 1. The van der Waals surface area contributed by atoms with Gasteiger partial charge in [0.2, 0.25) is 5.88 Å². The van der Waals surface area contributed by atoms with Crippen molar-refractivity contribution >= 4 is 0 Å². The summed E-state index contributed by atoms with van der Waals surface area (Å²) >= 11 is 0. The minimum absolute atomic E-state index is 0.0539. The fourth-order valence-corrected chi connectivity index (χ4v) is 2.94. The predicted molar refractivity (Wildman–Crippen MR) is 107 cm³/mol. The van der Waals surface area contributed by atoms with E-state index in [9.17, 15) is 13.2 Å². The summed E-state index contributed by atoms with van der Waals surface area (Å²) < 4.78 is 44.4. The Labute approximate surface area is 166 Å². The molecular weight excluding hydrogens is 363 g/mol. The Morgan fingerprint density at radius 3 is 2.25 bits per heavy atom. The van der Waals surface area contributed by atoms with E-state index in [2.05, 4.69) is 32.7 Å². The summed E-state index contributed by atoms with van der Waals surface area (Å²) in [6.45, 7) is 11.0. The number of nitrogens with zero attached hydrogens (tertiary/aromatic N) is 1. The lowest BCUT2D eigenvalue weighted by molar-refractivity contribution is -0.137. The molecule has 0 aliphatic carbocycles. The third kappa shape index (κ3) is 6.54. The molecule has 0 saturated heterocycles. The van der Waals surface area contributed by atoms with E-state index in [1.165, 1.54) is 12.1 Å². The van der Waals surface area contributed by atoms with Gasteiger partial charge in [-0.25, -0.2) is 4.98 Å². The molecule has 0 bridgehead atoms. The van der Waals surface area contributed by atoms with Gasteiger partial charge < -0.3 is 4.74 Å². The molecule has 154 valence electrons.